The number of piperidine rings is 2. The number of aliphatic imine (C=N–C) groups is 1. The summed E-state index contributed by atoms with van der Waals surface area (Å²) in [5.41, 5.74) is 0.408. The van der Waals surface area contributed by atoms with Crippen molar-refractivity contribution in [3.05, 3.63) is 0 Å². The summed E-state index contributed by atoms with van der Waals surface area (Å²) in [4.78, 5) is 10.2. The average Bonchev–Trinajstić information content (AvgIpc) is 2.72. The predicted molar refractivity (Wildman–Crippen MR) is 115 cm³/mol. The Hall–Kier alpha value is -0.850. The van der Waals surface area contributed by atoms with Crippen molar-refractivity contribution in [2.45, 2.75) is 70.9 Å². The van der Waals surface area contributed by atoms with Crippen LogP contribution in [0.25, 0.3) is 0 Å². The van der Waals surface area contributed by atoms with E-state index in [1.807, 2.05) is 7.11 Å². The molecule has 28 heavy (non-hydrogen) atoms. The van der Waals surface area contributed by atoms with Gasteiger partial charge in [0.1, 0.15) is 0 Å². The van der Waals surface area contributed by atoms with Crippen LogP contribution in [-0.2, 0) is 9.47 Å². The minimum absolute atomic E-state index is 0.0702. The van der Waals surface area contributed by atoms with Crippen LogP contribution in [0.1, 0.15) is 59.3 Å². The Morgan fingerprint density at radius 2 is 1.96 bits per heavy atom. The highest BCUT2D eigenvalue weighted by atomic mass is 16.5. The normalized spacial score (nSPS) is 28.7. The molecule has 0 saturated carbocycles. The highest BCUT2D eigenvalue weighted by Gasteiger charge is 2.38. The third-order valence-electron chi connectivity index (χ3n) is 6.95. The first-order valence-electron chi connectivity index (χ1n) is 11.4. The first-order valence-corrected chi connectivity index (χ1v) is 11.4. The number of nitrogens with one attached hydrogen (secondary N) is 1. The summed E-state index contributed by atoms with van der Waals surface area (Å²) in [6.45, 7) is 14.8. The highest BCUT2D eigenvalue weighted by Crippen LogP contribution is 2.37. The zero-order chi connectivity index (χ0) is 20.0. The molecule has 3 saturated heterocycles. The fraction of sp³-hybridized carbons (Fsp3) is 0.955. The van der Waals surface area contributed by atoms with Gasteiger partial charge < -0.3 is 19.7 Å². The van der Waals surface area contributed by atoms with E-state index in [1.54, 1.807) is 0 Å². The Balaban J connectivity index is 1.63. The molecule has 3 aliphatic heterocycles. The number of hydrogen-bond donors (Lipinski definition) is 1. The Bertz CT molecular complexity index is 503. The maximum atomic E-state index is 5.86. The molecule has 0 amide bonds. The van der Waals surface area contributed by atoms with Crippen LogP contribution < -0.4 is 5.32 Å². The molecule has 0 aliphatic carbocycles. The fourth-order valence-electron chi connectivity index (χ4n) is 5.11. The summed E-state index contributed by atoms with van der Waals surface area (Å²) in [5.74, 6) is 1.09. The van der Waals surface area contributed by atoms with Gasteiger partial charge in [0.25, 0.3) is 0 Å². The SMILES string of the molecule is CCNC(=NCC(C)(C)N1CCC(OC)CC1)N1CCCC2(CCCOC2)C1. The van der Waals surface area contributed by atoms with Crippen LogP contribution in [-0.4, -0.2) is 87.0 Å². The minimum atomic E-state index is 0.0702. The number of methoxy groups -OCH3 is 1. The lowest BCUT2D eigenvalue weighted by Gasteiger charge is -2.46. The van der Waals surface area contributed by atoms with Gasteiger partial charge >= 0.3 is 0 Å². The standard InChI is InChI=1S/C22H42N4O2/c1-5-23-20(25-12-6-10-22(17-25)11-7-15-28-18-22)24-16-21(2,3)26-13-8-19(27-4)9-14-26/h19H,5-18H2,1-4H3,(H,23,24). The van der Waals surface area contributed by atoms with Gasteiger partial charge in [-0.3, -0.25) is 9.89 Å². The van der Waals surface area contributed by atoms with Crippen LogP contribution in [0.4, 0.5) is 0 Å². The number of guanidine groups is 1. The Labute approximate surface area is 172 Å². The van der Waals surface area contributed by atoms with Gasteiger partial charge in [0.2, 0.25) is 0 Å². The van der Waals surface area contributed by atoms with Crippen LogP contribution >= 0.6 is 0 Å². The maximum Gasteiger partial charge on any atom is 0.194 e. The Kier molecular flexibility index (Phi) is 7.62. The number of hydrogen-bond acceptors (Lipinski definition) is 4. The average molecular weight is 395 g/mol. The Morgan fingerprint density at radius 3 is 2.61 bits per heavy atom. The molecule has 6 nitrogen and oxygen atoms in total. The quantitative estimate of drug-likeness (QED) is 0.574. The lowest BCUT2D eigenvalue weighted by atomic mass is 9.76. The van der Waals surface area contributed by atoms with Crippen LogP contribution in [0.3, 0.4) is 0 Å². The molecule has 0 aromatic carbocycles. The van der Waals surface area contributed by atoms with Gasteiger partial charge in [-0.25, -0.2) is 0 Å². The van der Waals surface area contributed by atoms with Crippen molar-refractivity contribution in [2.75, 3.05) is 59.6 Å². The summed E-state index contributed by atoms with van der Waals surface area (Å²) in [5, 5.41) is 3.56. The van der Waals surface area contributed by atoms with Gasteiger partial charge in [-0.05, 0) is 59.3 Å². The topological polar surface area (TPSA) is 49.3 Å². The van der Waals surface area contributed by atoms with Gasteiger partial charge in [0.15, 0.2) is 5.96 Å². The second-order valence-corrected chi connectivity index (χ2v) is 9.59. The van der Waals surface area contributed by atoms with E-state index in [-0.39, 0.29) is 5.54 Å². The number of ether oxygens (including phenoxy) is 2. The minimum Gasteiger partial charge on any atom is -0.381 e. The molecule has 0 aromatic rings. The monoisotopic (exact) mass is 394 g/mol. The van der Waals surface area contributed by atoms with Crippen LogP contribution in [0.15, 0.2) is 4.99 Å². The van der Waals surface area contributed by atoms with Crippen molar-refractivity contribution < 1.29 is 9.47 Å². The van der Waals surface area contributed by atoms with Gasteiger partial charge in [0.05, 0.1) is 19.3 Å². The molecule has 0 bridgehead atoms. The first kappa shape index (κ1) is 21.8. The maximum absolute atomic E-state index is 5.86. The molecular weight excluding hydrogens is 352 g/mol. The van der Waals surface area contributed by atoms with Crippen molar-refractivity contribution in [3.63, 3.8) is 0 Å². The van der Waals surface area contributed by atoms with E-state index < -0.39 is 0 Å². The van der Waals surface area contributed by atoms with E-state index >= 15 is 0 Å². The zero-order valence-electron chi connectivity index (χ0n) is 18.6. The first-order chi connectivity index (χ1) is 13.5. The van der Waals surface area contributed by atoms with Gasteiger partial charge in [0, 0.05) is 57.4 Å². The molecule has 1 spiro atoms. The van der Waals surface area contributed by atoms with Gasteiger partial charge in [-0.2, -0.15) is 0 Å². The third-order valence-corrected chi connectivity index (χ3v) is 6.95. The lowest BCUT2D eigenvalue weighted by Crippen LogP contribution is -2.54. The van der Waals surface area contributed by atoms with Gasteiger partial charge in [-0.1, -0.05) is 0 Å². The van der Waals surface area contributed by atoms with Crippen molar-refractivity contribution in [1.82, 2.24) is 15.1 Å². The summed E-state index contributed by atoms with van der Waals surface area (Å²) in [6.07, 6.45) is 7.70. The highest BCUT2D eigenvalue weighted by molar-refractivity contribution is 5.80. The summed E-state index contributed by atoms with van der Waals surface area (Å²) >= 11 is 0. The lowest BCUT2D eigenvalue weighted by molar-refractivity contribution is -0.0371. The number of likely N-dealkylation sites (tertiary alicyclic amines) is 2. The molecular formula is C22H42N4O2. The molecule has 1 unspecified atom stereocenters. The van der Waals surface area contributed by atoms with Crippen molar-refractivity contribution in [3.8, 4) is 0 Å². The van der Waals surface area contributed by atoms with Crippen LogP contribution in [0.2, 0.25) is 0 Å². The van der Waals surface area contributed by atoms with Gasteiger partial charge in [-0.15, -0.1) is 0 Å². The second-order valence-electron chi connectivity index (χ2n) is 9.59. The van der Waals surface area contributed by atoms with Crippen LogP contribution in [0, 0.1) is 5.41 Å². The van der Waals surface area contributed by atoms with Crippen molar-refractivity contribution in [1.29, 1.82) is 0 Å². The molecule has 3 rings (SSSR count). The summed E-state index contributed by atoms with van der Waals surface area (Å²) in [7, 11) is 1.83. The molecule has 3 heterocycles. The largest absolute Gasteiger partial charge is 0.381 e. The van der Waals surface area contributed by atoms with E-state index in [0.717, 1.165) is 71.3 Å². The molecule has 0 aromatic heterocycles. The molecule has 6 heteroatoms. The van der Waals surface area contributed by atoms with E-state index in [4.69, 9.17) is 14.5 Å². The smallest absolute Gasteiger partial charge is 0.194 e. The fourth-order valence-corrected chi connectivity index (χ4v) is 5.11. The third kappa shape index (κ3) is 5.39. The molecule has 1 N–H and O–H groups in total. The van der Waals surface area contributed by atoms with E-state index in [1.165, 1.54) is 25.7 Å². The number of rotatable bonds is 5. The zero-order valence-corrected chi connectivity index (χ0v) is 18.6. The second kappa shape index (κ2) is 9.77. The molecule has 0 radical (unpaired) electrons. The number of nitrogens with zero attached hydrogens (tertiary/aromatic N) is 3. The predicted octanol–water partition coefficient (Wildman–Crippen LogP) is 2.73. The molecule has 162 valence electrons. The Morgan fingerprint density at radius 1 is 1.21 bits per heavy atom. The van der Waals surface area contributed by atoms with E-state index in [0.29, 0.717) is 11.5 Å². The van der Waals surface area contributed by atoms with Crippen molar-refractivity contribution in [2.24, 2.45) is 10.4 Å². The van der Waals surface area contributed by atoms with E-state index in [9.17, 15) is 0 Å². The van der Waals surface area contributed by atoms with Crippen molar-refractivity contribution >= 4 is 5.96 Å². The van der Waals surface area contributed by atoms with E-state index in [2.05, 4.69) is 35.9 Å². The molecule has 3 aliphatic rings. The summed E-state index contributed by atoms with van der Waals surface area (Å²) < 4.78 is 11.4. The summed E-state index contributed by atoms with van der Waals surface area (Å²) in [6, 6.07) is 0. The van der Waals surface area contributed by atoms with Crippen LogP contribution in [0.5, 0.6) is 0 Å². The molecule has 1 atom stereocenters. The molecule has 3 fully saturated rings.